The molecule has 0 fully saturated rings. The van der Waals surface area contributed by atoms with Crippen LogP contribution in [0.5, 0.6) is 0 Å². The number of rotatable bonds is 3. The summed E-state index contributed by atoms with van der Waals surface area (Å²) in [6.07, 6.45) is 0. The Hall–Kier alpha value is -0.510. The standard InChI is InChI=1S/C13H9BrClFS/c14-10-4-9(5-12(16)6-10)8-17-13-3-1-2-11(15)7-13/h1-7H,8H2. The highest BCUT2D eigenvalue weighted by atomic mass is 79.9. The lowest BCUT2D eigenvalue weighted by Gasteiger charge is -2.03. The molecule has 0 aromatic heterocycles. The van der Waals surface area contributed by atoms with Crippen LogP contribution in [0.1, 0.15) is 5.56 Å². The molecular weight excluding hydrogens is 323 g/mol. The minimum atomic E-state index is -0.221. The summed E-state index contributed by atoms with van der Waals surface area (Å²) < 4.78 is 13.9. The fraction of sp³-hybridized carbons (Fsp3) is 0.0769. The van der Waals surface area contributed by atoms with Gasteiger partial charge in [-0.1, -0.05) is 33.6 Å². The van der Waals surface area contributed by atoms with Gasteiger partial charge in [0.15, 0.2) is 0 Å². The number of hydrogen-bond acceptors (Lipinski definition) is 1. The Morgan fingerprint density at radius 2 is 2.00 bits per heavy atom. The number of hydrogen-bond donors (Lipinski definition) is 0. The van der Waals surface area contributed by atoms with Crippen LogP contribution < -0.4 is 0 Å². The smallest absolute Gasteiger partial charge is 0.124 e. The van der Waals surface area contributed by atoms with Gasteiger partial charge in [-0.15, -0.1) is 11.8 Å². The van der Waals surface area contributed by atoms with Crippen LogP contribution in [-0.4, -0.2) is 0 Å². The third kappa shape index (κ3) is 4.02. The molecule has 0 radical (unpaired) electrons. The zero-order chi connectivity index (χ0) is 12.3. The summed E-state index contributed by atoms with van der Waals surface area (Å²) in [5.41, 5.74) is 0.946. The average molecular weight is 332 g/mol. The molecule has 0 saturated heterocycles. The normalized spacial score (nSPS) is 10.5. The van der Waals surface area contributed by atoms with Crippen molar-refractivity contribution in [1.29, 1.82) is 0 Å². The number of benzene rings is 2. The third-order valence-electron chi connectivity index (χ3n) is 2.12. The quantitative estimate of drug-likeness (QED) is 0.666. The van der Waals surface area contributed by atoms with Crippen LogP contribution in [0.25, 0.3) is 0 Å². The zero-order valence-corrected chi connectivity index (χ0v) is 11.9. The van der Waals surface area contributed by atoms with Gasteiger partial charge in [-0.2, -0.15) is 0 Å². The van der Waals surface area contributed by atoms with Crippen LogP contribution in [0.4, 0.5) is 4.39 Å². The second kappa shape index (κ2) is 5.89. The molecule has 0 aliphatic heterocycles. The van der Waals surface area contributed by atoms with Crippen molar-refractivity contribution in [3.8, 4) is 0 Å². The van der Waals surface area contributed by atoms with Gasteiger partial charge in [0.05, 0.1) is 0 Å². The second-order valence-corrected chi connectivity index (χ2v) is 5.92. The van der Waals surface area contributed by atoms with Crippen LogP contribution >= 0.6 is 39.3 Å². The van der Waals surface area contributed by atoms with Crippen LogP contribution in [0, 0.1) is 5.82 Å². The zero-order valence-electron chi connectivity index (χ0n) is 8.79. The van der Waals surface area contributed by atoms with Crippen molar-refractivity contribution in [3.05, 3.63) is 63.3 Å². The molecule has 0 saturated carbocycles. The average Bonchev–Trinajstić information content (AvgIpc) is 2.25. The molecule has 4 heteroatoms. The molecule has 2 rings (SSSR count). The first-order chi connectivity index (χ1) is 8.13. The van der Waals surface area contributed by atoms with Gasteiger partial charge in [0, 0.05) is 20.1 Å². The van der Waals surface area contributed by atoms with E-state index in [9.17, 15) is 4.39 Å². The molecule has 2 aromatic rings. The highest BCUT2D eigenvalue weighted by molar-refractivity contribution is 9.10. The van der Waals surface area contributed by atoms with Gasteiger partial charge in [0.1, 0.15) is 5.82 Å². The minimum absolute atomic E-state index is 0.221. The van der Waals surface area contributed by atoms with Gasteiger partial charge in [-0.3, -0.25) is 0 Å². The van der Waals surface area contributed by atoms with E-state index in [4.69, 9.17) is 11.6 Å². The van der Waals surface area contributed by atoms with Crippen molar-refractivity contribution in [2.24, 2.45) is 0 Å². The van der Waals surface area contributed by atoms with Crippen molar-refractivity contribution < 1.29 is 4.39 Å². The van der Waals surface area contributed by atoms with Crippen molar-refractivity contribution in [3.63, 3.8) is 0 Å². The van der Waals surface area contributed by atoms with Crippen LogP contribution in [0.2, 0.25) is 5.02 Å². The molecule has 0 unspecified atom stereocenters. The first-order valence-corrected chi connectivity index (χ1v) is 7.12. The topological polar surface area (TPSA) is 0 Å². The lowest BCUT2D eigenvalue weighted by Crippen LogP contribution is -1.84. The molecule has 0 aliphatic carbocycles. The lowest BCUT2D eigenvalue weighted by atomic mass is 10.2. The predicted octanol–water partition coefficient (Wildman–Crippen LogP) is 5.53. The van der Waals surface area contributed by atoms with Gasteiger partial charge >= 0.3 is 0 Å². The molecule has 88 valence electrons. The van der Waals surface area contributed by atoms with Gasteiger partial charge in [-0.05, 0) is 42.0 Å². The van der Waals surface area contributed by atoms with E-state index >= 15 is 0 Å². The van der Waals surface area contributed by atoms with Crippen molar-refractivity contribution >= 4 is 39.3 Å². The Labute approximate surface area is 117 Å². The van der Waals surface area contributed by atoms with Crippen molar-refractivity contribution in [2.75, 3.05) is 0 Å². The molecule has 0 bridgehead atoms. The fourth-order valence-electron chi connectivity index (χ4n) is 1.42. The SMILES string of the molecule is Fc1cc(Br)cc(CSc2cccc(Cl)c2)c1. The summed E-state index contributed by atoms with van der Waals surface area (Å²) in [7, 11) is 0. The summed E-state index contributed by atoms with van der Waals surface area (Å²) in [5, 5.41) is 0.718. The highest BCUT2D eigenvalue weighted by Gasteiger charge is 2.01. The molecule has 0 atom stereocenters. The first-order valence-electron chi connectivity index (χ1n) is 4.97. The summed E-state index contributed by atoms with van der Waals surface area (Å²) in [6.45, 7) is 0. The predicted molar refractivity (Wildman–Crippen MR) is 75.1 cm³/mol. The van der Waals surface area contributed by atoms with E-state index in [0.29, 0.717) is 0 Å². The maximum Gasteiger partial charge on any atom is 0.124 e. The Bertz CT molecular complexity index is 510. The van der Waals surface area contributed by atoms with Gasteiger partial charge in [0.25, 0.3) is 0 Å². The van der Waals surface area contributed by atoms with E-state index in [0.717, 1.165) is 25.7 Å². The minimum Gasteiger partial charge on any atom is -0.207 e. The third-order valence-corrected chi connectivity index (χ3v) is 3.88. The second-order valence-electron chi connectivity index (χ2n) is 3.52. The van der Waals surface area contributed by atoms with Crippen LogP contribution in [0.3, 0.4) is 0 Å². The van der Waals surface area contributed by atoms with Crippen molar-refractivity contribution in [2.45, 2.75) is 10.6 Å². The molecule has 0 amide bonds. The van der Waals surface area contributed by atoms with Crippen molar-refractivity contribution in [1.82, 2.24) is 0 Å². The Kier molecular flexibility index (Phi) is 4.48. The molecule has 0 heterocycles. The number of thioether (sulfide) groups is 1. The Balaban J connectivity index is 2.07. The maximum atomic E-state index is 13.2. The molecule has 0 aliphatic rings. The molecule has 0 nitrogen and oxygen atoms in total. The van der Waals surface area contributed by atoms with E-state index in [1.54, 1.807) is 17.8 Å². The fourth-order valence-corrected chi connectivity index (χ4v) is 3.07. The lowest BCUT2D eigenvalue weighted by molar-refractivity contribution is 0.625. The Morgan fingerprint density at radius 3 is 2.71 bits per heavy atom. The molecule has 2 aromatic carbocycles. The summed E-state index contributed by atoms with van der Waals surface area (Å²) >= 11 is 10.8. The van der Waals surface area contributed by atoms with E-state index in [-0.39, 0.29) is 5.82 Å². The maximum absolute atomic E-state index is 13.2. The largest absolute Gasteiger partial charge is 0.207 e. The molecular formula is C13H9BrClFS. The summed E-state index contributed by atoms with van der Waals surface area (Å²) in [4.78, 5) is 1.08. The molecule has 0 N–H and O–H groups in total. The van der Waals surface area contributed by atoms with E-state index in [2.05, 4.69) is 15.9 Å². The van der Waals surface area contributed by atoms with Gasteiger partial charge in [-0.25, -0.2) is 4.39 Å². The van der Waals surface area contributed by atoms with E-state index < -0.39 is 0 Å². The summed E-state index contributed by atoms with van der Waals surface area (Å²) in [6, 6.07) is 12.6. The van der Waals surface area contributed by atoms with E-state index in [1.807, 2.05) is 30.3 Å². The highest BCUT2D eigenvalue weighted by Crippen LogP contribution is 2.26. The van der Waals surface area contributed by atoms with Crippen LogP contribution in [0.15, 0.2) is 51.8 Å². The molecule has 17 heavy (non-hydrogen) atoms. The van der Waals surface area contributed by atoms with Gasteiger partial charge in [0.2, 0.25) is 0 Å². The van der Waals surface area contributed by atoms with Gasteiger partial charge < -0.3 is 0 Å². The van der Waals surface area contributed by atoms with Crippen LogP contribution in [-0.2, 0) is 5.75 Å². The first kappa shape index (κ1) is 12.9. The molecule has 0 spiro atoms. The summed E-state index contributed by atoms with van der Waals surface area (Å²) in [5.74, 6) is 0.498. The van der Waals surface area contributed by atoms with E-state index in [1.165, 1.54) is 6.07 Å². The Morgan fingerprint density at radius 1 is 1.18 bits per heavy atom. The number of halogens is 3. The monoisotopic (exact) mass is 330 g/mol.